The molecule has 0 unspecified atom stereocenters. The molecule has 1 aliphatic heterocycles. The number of hydrogen-bond acceptors (Lipinski definition) is 5. The fourth-order valence-corrected chi connectivity index (χ4v) is 4.92. The quantitative estimate of drug-likeness (QED) is 0.164. The summed E-state index contributed by atoms with van der Waals surface area (Å²) in [5.74, 6) is 2.38. The third kappa shape index (κ3) is 8.64. The summed E-state index contributed by atoms with van der Waals surface area (Å²) in [6.07, 6.45) is 10.6. The summed E-state index contributed by atoms with van der Waals surface area (Å²) in [6.45, 7) is 7.13. The second-order valence-electron chi connectivity index (χ2n) is 8.41. The van der Waals surface area contributed by atoms with E-state index < -0.39 is 5.54 Å². The fourth-order valence-electron chi connectivity index (χ4n) is 3.79. The molecule has 164 valence electrons. The Morgan fingerprint density at radius 2 is 1.52 bits per heavy atom. The van der Waals surface area contributed by atoms with E-state index >= 15 is 0 Å². The highest BCUT2D eigenvalue weighted by Gasteiger charge is 2.35. The van der Waals surface area contributed by atoms with Gasteiger partial charge in [0, 0.05) is 23.5 Å². The maximum atomic E-state index is 13.0. The molecule has 1 heterocycles. The number of Topliss-reactive ketones (excluding diaryl/α,β-unsaturated/α-hetero) is 1. The first-order valence-corrected chi connectivity index (χ1v) is 12.9. The lowest BCUT2D eigenvalue weighted by Gasteiger charge is -2.39. The minimum atomic E-state index is -0.481. The van der Waals surface area contributed by atoms with Crippen molar-refractivity contribution in [2.45, 2.75) is 75.6 Å². The molecule has 3 nitrogen and oxygen atoms in total. The van der Waals surface area contributed by atoms with E-state index in [0.717, 1.165) is 30.2 Å². The van der Waals surface area contributed by atoms with Crippen molar-refractivity contribution in [3.05, 3.63) is 29.8 Å². The predicted octanol–water partition coefficient (Wildman–Crippen LogP) is 6.12. The molecule has 0 spiro atoms. The summed E-state index contributed by atoms with van der Waals surface area (Å²) >= 11 is 6.16. The molecule has 1 fully saturated rings. The zero-order chi connectivity index (χ0) is 21.0. The smallest absolute Gasteiger partial charge is 0.182 e. The predicted molar refractivity (Wildman–Crippen MR) is 129 cm³/mol. The van der Waals surface area contributed by atoms with Gasteiger partial charge in [0.25, 0.3) is 0 Å². The summed E-state index contributed by atoms with van der Waals surface area (Å²) in [4.78, 5) is 16.5. The first kappa shape index (κ1) is 24.8. The Kier molecular flexibility index (Phi) is 11.7. The van der Waals surface area contributed by atoms with E-state index in [4.69, 9.17) is 4.74 Å². The van der Waals surface area contributed by atoms with Gasteiger partial charge in [-0.25, -0.2) is 0 Å². The number of hydrogen-bond donors (Lipinski definition) is 1. The van der Waals surface area contributed by atoms with Crippen LogP contribution >= 0.6 is 24.4 Å². The SMILES string of the molecule is CC(C)(C(=O)c1ccc(SCCCCCCCCCCS)cc1)N1CCOCC1. The van der Waals surface area contributed by atoms with Gasteiger partial charge in [-0.05, 0) is 50.3 Å². The van der Waals surface area contributed by atoms with Gasteiger partial charge in [-0.3, -0.25) is 9.69 Å². The van der Waals surface area contributed by atoms with Crippen molar-refractivity contribution in [3.8, 4) is 0 Å². The molecule has 0 amide bonds. The molecule has 0 aliphatic carbocycles. The van der Waals surface area contributed by atoms with Gasteiger partial charge in [0.1, 0.15) is 0 Å². The van der Waals surface area contributed by atoms with Crippen LogP contribution in [0.1, 0.15) is 75.6 Å². The summed E-state index contributed by atoms with van der Waals surface area (Å²) in [7, 11) is 0. The van der Waals surface area contributed by atoms with E-state index in [9.17, 15) is 4.79 Å². The first-order valence-electron chi connectivity index (χ1n) is 11.3. The van der Waals surface area contributed by atoms with Gasteiger partial charge in [0.15, 0.2) is 5.78 Å². The standard InChI is InChI=1S/C24H39NO2S2/c1-24(2,25-15-17-27-18-16-25)23(26)21-11-13-22(14-12-21)29-20-10-8-6-4-3-5-7-9-19-28/h11-14,28H,3-10,15-20H2,1-2H3. The number of carbonyl (C=O) groups excluding carboxylic acids is 1. The van der Waals surface area contributed by atoms with E-state index in [-0.39, 0.29) is 5.78 Å². The zero-order valence-corrected chi connectivity index (χ0v) is 20.0. The summed E-state index contributed by atoms with van der Waals surface area (Å²) < 4.78 is 5.43. The van der Waals surface area contributed by atoms with E-state index in [1.807, 2.05) is 37.7 Å². The van der Waals surface area contributed by atoms with Crippen molar-refractivity contribution >= 4 is 30.2 Å². The maximum Gasteiger partial charge on any atom is 0.182 e. The number of thioether (sulfide) groups is 1. The van der Waals surface area contributed by atoms with E-state index in [2.05, 4.69) is 29.7 Å². The monoisotopic (exact) mass is 437 g/mol. The van der Waals surface area contributed by atoms with Crippen molar-refractivity contribution in [3.63, 3.8) is 0 Å². The third-order valence-corrected chi connectivity index (χ3v) is 7.21. The highest BCUT2D eigenvalue weighted by Crippen LogP contribution is 2.25. The largest absolute Gasteiger partial charge is 0.379 e. The van der Waals surface area contributed by atoms with E-state index in [1.165, 1.54) is 56.3 Å². The lowest BCUT2D eigenvalue weighted by atomic mass is 9.91. The Balaban J connectivity index is 1.66. The van der Waals surface area contributed by atoms with Crippen LogP contribution in [0.2, 0.25) is 0 Å². The maximum absolute atomic E-state index is 13.0. The molecule has 5 heteroatoms. The molecule has 0 saturated carbocycles. The van der Waals surface area contributed by atoms with Gasteiger partial charge in [0.2, 0.25) is 0 Å². The van der Waals surface area contributed by atoms with Gasteiger partial charge >= 0.3 is 0 Å². The summed E-state index contributed by atoms with van der Waals surface area (Å²) in [5.41, 5.74) is 0.328. The van der Waals surface area contributed by atoms with Crippen molar-refractivity contribution in [2.75, 3.05) is 37.8 Å². The molecular weight excluding hydrogens is 398 g/mol. The lowest BCUT2D eigenvalue weighted by Crippen LogP contribution is -2.54. The average molecular weight is 438 g/mol. The minimum Gasteiger partial charge on any atom is -0.379 e. The lowest BCUT2D eigenvalue weighted by molar-refractivity contribution is -0.00430. The molecule has 0 aromatic heterocycles. The van der Waals surface area contributed by atoms with Gasteiger partial charge in [-0.2, -0.15) is 12.6 Å². The van der Waals surface area contributed by atoms with Crippen LogP contribution in [0.25, 0.3) is 0 Å². The Hall–Kier alpha value is -0.490. The Labute approximate surface area is 187 Å². The number of morpholine rings is 1. The second-order valence-corrected chi connectivity index (χ2v) is 10.0. The van der Waals surface area contributed by atoms with Crippen molar-refractivity contribution < 1.29 is 9.53 Å². The summed E-state index contributed by atoms with van der Waals surface area (Å²) in [5, 5.41) is 0. The van der Waals surface area contributed by atoms with Gasteiger partial charge in [-0.1, -0.05) is 50.7 Å². The van der Waals surface area contributed by atoms with Gasteiger partial charge in [-0.15, -0.1) is 11.8 Å². The Morgan fingerprint density at radius 1 is 0.966 bits per heavy atom. The molecule has 0 N–H and O–H groups in total. The number of carbonyl (C=O) groups is 1. The molecule has 29 heavy (non-hydrogen) atoms. The van der Waals surface area contributed by atoms with Crippen LogP contribution < -0.4 is 0 Å². The molecule has 1 saturated heterocycles. The molecule has 0 atom stereocenters. The highest BCUT2D eigenvalue weighted by molar-refractivity contribution is 7.99. The molecule has 1 aromatic carbocycles. The number of ketones is 1. The highest BCUT2D eigenvalue weighted by atomic mass is 32.2. The zero-order valence-electron chi connectivity index (χ0n) is 18.3. The number of nitrogens with zero attached hydrogens (tertiary/aromatic N) is 1. The molecule has 2 rings (SSSR count). The number of ether oxygens (including phenoxy) is 1. The van der Waals surface area contributed by atoms with Crippen LogP contribution in [0.5, 0.6) is 0 Å². The number of thiol groups is 1. The topological polar surface area (TPSA) is 29.5 Å². The van der Waals surface area contributed by atoms with Gasteiger partial charge < -0.3 is 4.74 Å². The number of rotatable bonds is 14. The van der Waals surface area contributed by atoms with E-state index in [0.29, 0.717) is 13.2 Å². The van der Waals surface area contributed by atoms with Crippen LogP contribution in [-0.4, -0.2) is 54.0 Å². The van der Waals surface area contributed by atoms with Crippen molar-refractivity contribution in [1.29, 1.82) is 0 Å². The first-order chi connectivity index (χ1) is 14.1. The van der Waals surface area contributed by atoms with Crippen LogP contribution in [0.15, 0.2) is 29.2 Å². The second kappa shape index (κ2) is 13.7. The van der Waals surface area contributed by atoms with Crippen LogP contribution in [0, 0.1) is 0 Å². The van der Waals surface area contributed by atoms with Crippen molar-refractivity contribution in [2.24, 2.45) is 0 Å². The van der Waals surface area contributed by atoms with Gasteiger partial charge in [0.05, 0.1) is 18.8 Å². The molecule has 0 radical (unpaired) electrons. The fraction of sp³-hybridized carbons (Fsp3) is 0.708. The summed E-state index contributed by atoms with van der Waals surface area (Å²) in [6, 6.07) is 8.21. The van der Waals surface area contributed by atoms with Crippen molar-refractivity contribution in [1.82, 2.24) is 4.90 Å². The number of benzene rings is 1. The van der Waals surface area contributed by atoms with Crippen LogP contribution in [-0.2, 0) is 4.74 Å². The molecule has 0 bridgehead atoms. The number of unbranched alkanes of at least 4 members (excludes halogenated alkanes) is 7. The van der Waals surface area contributed by atoms with E-state index in [1.54, 1.807) is 0 Å². The van der Waals surface area contributed by atoms with Crippen LogP contribution in [0.3, 0.4) is 0 Å². The molecule has 1 aromatic rings. The normalized spacial score (nSPS) is 15.6. The molecular formula is C24H39NO2S2. The molecule has 1 aliphatic rings. The Bertz CT molecular complexity index is 583. The Morgan fingerprint density at radius 3 is 2.10 bits per heavy atom. The average Bonchev–Trinajstić information content (AvgIpc) is 2.75. The van der Waals surface area contributed by atoms with Crippen LogP contribution in [0.4, 0.5) is 0 Å². The minimum absolute atomic E-state index is 0.199. The third-order valence-electron chi connectivity index (χ3n) is 5.80.